The molecule has 0 saturated carbocycles. The van der Waals surface area contributed by atoms with Crippen LogP contribution in [0.3, 0.4) is 0 Å². The second kappa shape index (κ2) is 5.95. The van der Waals surface area contributed by atoms with E-state index in [1.54, 1.807) is 19.0 Å². The molecule has 19 heavy (non-hydrogen) atoms. The van der Waals surface area contributed by atoms with Crippen LogP contribution in [-0.4, -0.2) is 47.8 Å². The Morgan fingerprint density at radius 1 is 1.42 bits per heavy atom. The summed E-state index contributed by atoms with van der Waals surface area (Å²) in [4.78, 5) is 15.5. The van der Waals surface area contributed by atoms with Crippen LogP contribution in [0.25, 0.3) is 0 Å². The van der Waals surface area contributed by atoms with Gasteiger partial charge in [0.2, 0.25) is 5.91 Å². The zero-order valence-corrected chi connectivity index (χ0v) is 12.8. The Hall–Kier alpha value is -1.72. The Labute approximate surface area is 115 Å². The minimum atomic E-state index is 0.0513. The lowest BCUT2D eigenvalue weighted by Gasteiger charge is -2.26. The molecule has 0 fully saturated rings. The molecule has 6 nitrogen and oxygen atoms in total. The van der Waals surface area contributed by atoms with Gasteiger partial charge in [-0.1, -0.05) is 0 Å². The molecule has 0 aliphatic carbocycles. The fourth-order valence-electron chi connectivity index (χ4n) is 1.86. The second-order valence-corrected chi connectivity index (χ2v) is 5.16. The monoisotopic (exact) mass is 267 g/mol. The largest absolute Gasteiger partial charge is 0.394 e. The van der Waals surface area contributed by atoms with Gasteiger partial charge in [0, 0.05) is 26.7 Å². The van der Waals surface area contributed by atoms with Crippen LogP contribution in [0.4, 0.5) is 11.5 Å². The number of likely N-dealkylation sites (N-methyl/N-ethyl adjacent to an activating group) is 2. The van der Waals surface area contributed by atoms with Crippen LogP contribution in [0.5, 0.6) is 0 Å². The van der Waals surface area contributed by atoms with E-state index < -0.39 is 0 Å². The van der Waals surface area contributed by atoms with E-state index in [9.17, 15) is 4.79 Å². The molecule has 0 unspecified atom stereocenters. The summed E-state index contributed by atoms with van der Waals surface area (Å²) in [6, 6.07) is 0.203. The van der Waals surface area contributed by atoms with Crippen molar-refractivity contribution in [1.29, 1.82) is 0 Å². The molecule has 1 aromatic rings. The first kappa shape index (κ1) is 15.3. The number of nitrogen functional groups attached to an aromatic ring is 1. The third-order valence-electron chi connectivity index (χ3n) is 3.10. The minimum Gasteiger partial charge on any atom is -0.394 e. The van der Waals surface area contributed by atoms with Crippen molar-refractivity contribution >= 4 is 17.4 Å². The topological polar surface area (TPSA) is 67.4 Å². The Morgan fingerprint density at radius 2 is 2.00 bits per heavy atom. The lowest BCUT2D eigenvalue weighted by molar-refractivity contribution is -0.127. The Bertz CT molecular complexity index is 450. The number of hydrogen-bond acceptors (Lipinski definition) is 4. The van der Waals surface area contributed by atoms with Gasteiger partial charge in [0.1, 0.15) is 0 Å². The number of carbonyl (C=O) groups excluding carboxylic acids is 1. The van der Waals surface area contributed by atoms with Gasteiger partial charge in [0.15, 0.2) is 5.82 Å². The molecule has 0 aromatic carbocycles. The van der Waals surface area contributed by atoms with Crippen LogP contribution >= 0.6 is 0 Å². The van der Waals surface area contributed by atoms with E-state index in [1.165, 1.54) is 0 Å². The van der Waals surface area contributed by atoms with Gasteiger partial charge in [-0.3, -0.25) is 4.79 Å². The van der Waals surface area contributed by atoms with Crippen LogP contribution in [-0.2, 0) is 4.79 Å². The highest BCUT2D eigenvalue weighted by Crippen LogP contribution is 2.29. The molecule has 1 rings (SSSR count). The smallest absolute Gasteiger partial charge is 0.241 e. The highest BCUT2D eigenvalue weighted by molar-refractivity contribution is 5.82. The molecule has 0 atom stereocenters. The fraction of sp³-hybridized carbons (Fsp3) is 0.692. The normalized spacial score (nSPS) is 10.9. The molecule has 0 aliphatic heterocycles. The van der Waals surface area contributed by atoms with Gasteiger partial charge in [0.05, 0.1) is 17.9 Å². The van der Waals surface area contributed by atoms with Gasteiger partial charge < -0.3 is 15.5 Å². The van der Waals surface area contributed by atoms with Crippen molar-refractivity contribution in [3.63, 3.8) is 0 Å². The van der Waals surface area contributed by atoms with Crippen LogP contribution in [0.15, 0.2) is 0 Å². The van der Waals surface area contributed by atoms with Gasteiger partial charge >= 0.3 is 0 Å². The highest BCUT2D eigenvalue weighted by atomic mass is 16.2. The number of carbonyl (C=O) groups is 1. The van der Waals surface area contributed by atoms with Crippen molar-refractivity contribution in [3.8, 4) is 0 Å². The van der Waals surface area contributed by atoms with Crippen molar-refractivity contribution in [1.82, 2.24) is 14.7 Å². The van der Waals surface area contributed by atoms with E-state index in [-0.39, 0.29) is 11.9 Å². The number of aryl methyl sites for hydroxylation is 1. The van der Waals surface area contributed by atoms with E-state index in [2.05, 4.69) is 18.9 Å². The summed E-state index contributed by atoms with van der Waals surface area (Å²) >= 11 is 0. The predicted octanol–water partition coefficient (Wildman–Crippen LogP) is 1.27. The third kappa shape index (κ3) is 3.19. The summed E-state index contributed by atoms with van der Waals surface area (Å²) in [6.45, 7) is 9.02. The molecule has 0 bridgehead atoms. The molecule has 6 heteroatoms. The first-order valence-electron chi connectivity index (χ1n) is 6.59. The molecule has 0 radical (unpaired) electrons. The molecule has 1 aromatic heterocycles. The Balaban J connectivity index is 3.14. The van der Waals surface area contributed by atoms with Gasteiger partial charge in [-0.05, 0) is 27.7 Å². The minimum absolute atomic E-state index is 0.0513. The summed E-state index contributed by atoms with van der Waals surface area (Å²) in [7, 11) is 3.51. The summed E-state index contributed by atoms with van der Waals surface area (Å²) in [5, 5.41) is 4.46. The zero-order valence-electron chi connectivity index (χ0n) is 12.8. The van der Waals surface area contributed by atoms with Crippen molar-refractivity contribution in [2.45, 2.75) is 33.7 Å². The predicted molar refractivity (Wildman–Crippen MR) is 78.3 cm³/mol. The molecular weight excluding hydrogens is 242 g/mol. The number of nitrogens with zero attached hydrogens (tertiary/aromatic N) is 4. The van der Waals surface area contributed by atoms with Crippen LogP contribution < -0.4 is 10.6 Å². The second-order valence-electron chi connectivity index (χ2n) is 5.16. The molecule has 1 amide bonds. The lowest BCUT2D eigenvalue weighted by atomic mass is 10.3. The molecule has 0 aliphatic rings. The standard InChI is InChI=1S/C13H25N5O/c1-7-17(8-11(19)16(5)6)13-12(14)10(4)15-18(13)9(2)3/h9H,7-8,14H2,1-6H3. The third-order valence-corrected chi connectivity index (χ3v) is 3.10. The number of anilines is 2. The van der Waals surface area contributed by atoms with Gasteiger partial charge in [-0.2, -0.15) is 5.10 Å². The summed E-state index contributed by atoms with van der Waals surface area (Å²) in [5.41, 5.74) is 7.58. The van der Waals surface area contributed by atoms with Crippen LogP contribution in [0.1, 0.15) is 32.5 Å². The molecule has 108 valence electrons. The van der Waals surface area contributed by atoms with Crippen molar-refractivity contribution in [2.75, 3.05) is 37.8 Å². The molecular formula is C13H25N5O. The summed E-state index contributed by atoms with van der Waals surface area (Å²) < 4.78 is 1.89. The van der Waals surface area contributed by atoms with Crippen LogP contribution in [0, 0.1) is 6.92 Å². The van der Waals surface area contributed by atoms with E-state index in [1.807, 2.05) is 23.4 Å². The number of hydrogen-bond donors (Lipinski definition) is 1. The molecule has 0 saturated heterocycles. The van der Waals surface area contributed by atoms with Crippen molar-refractivity contribution < 1.29 is 4.79 Å². The number of nitrogens with two attached hydrogens (primary N) is 1. The molecule has 0 spiro atoms. The first-order chi connectivity index (χ1) is 8.79. The van der Waals surface area contributed by atoms with Crippen molar-refractivity contribution in [2.24, 2.45) is 0 Å². The average molecular weight is 267 g/mol. The lowest BCUT2D eigenvalue weighted by Crippen LogP contribution is -2.38. The number of rotatable bonds is 5. The Morgan fingerprint density at radius 3 is 2.42 bits per heavy atom. The van der Waals surface area contributed by atoms with E-state index in [4.69, 9.17) is 5.73 Å². The van der Waals surface area contributed by atoms with E-state index in [0.29, 0.717) is 18.8 Å². The van der Waals surface area contributed by atoms with E-state index >= 15 is 0 Å². The zero-order chi connectivity index (χ0) is 14.7. The number of amides is 1. The molecule has 1 heterocycles. The first-order valence-corrected chi connectivity index (χ1v) is 6.59. The maximum absolute atomic E-state index is 11.9. The maximum Gasteiger partial charge on any atom is 0.241 e. The maximum atomic E-state index is 11.9. The van der Waals surface area contributed by atoms with Crippen molar-refractivity contribution in [3.05, 3.63) is 5.69 Å². The van der Waals surface area contributed by atoms with Gasteiger partial charge in [0.25, 0.3) is 0 Å². The summed E-state index contributed by atoms with van der Waals surface area (Å²) in [5.74, 6) is 0.889. The SMILES string of the molecule is CCN(CC(=O)N(C)C)c1c(N)c(C)nn1C(C)C. The highest BCUT2D eigenvalue weighted by Gasteiger charge is 2.22. The Kier molecular flexibility index (Phi) is 4.80. The quantitative estimate of drug-likeness (QED) is 0.872. The van der Waals surface area contributed by atoms with Gasteiger partial charge in [-0.25, -0.2) is 4.68 Å². The van der Waals surface area contributed by atoms with Crippen LogP contribution in [0.2, 0.25) is 0 Å². The fourth-order valence-corrected chi connectivity index (χ4v) is 1.86. The van der Waals surface area contributed by atoms with Gasteiger partial charge in [-0.15, -0.1) is 0 Å². The molecule has 2 N–H and O–H groups in total. The number of aromatic nitrogens is 2. The average Bonchev–Trinajstić information content (AvgIpc) is 2.63. The van der Waals surface area contributed by atoms with E-state index in [0.717, 1.165) is 11.5 Å². The summed E-state index contributed by atoms with van der Waals surface area (Å²) in [6.07, 6.45) is 0.